The number of rotatable bonds is 6. The van der Waals surface area contributed by atoms with Crippen LogP contribution in [0.3, 0.4) is 0 Å². The molecule has 1 heterocycles. The van der Waals surface area contributed by atoms with Crippen LogP contribution in [0.1, 0.15) is 20.3 Å². The van der Waals surface area contributed by atoms with E-state index in [4.69, 9.17) is 10.5 Å². The van der Waals surface area contributed by atoms with Crippen molar-refractivity contribution in [1.82, 2.24) is 9.55 Å². The largest absolute Gasteiger partial charge is 0.380 e. The van der Waals surface area contributed by atoms with Crippen molar-refractivity contribution in [2.75, 3.05) is 18.9 Å². The normalized spacial score (nSPS) is 11.6. The number of nitrogen functional groups attached to an aromatic ring is 1. The molecule has 2 aromatic rings. The first-order valence-corrected chi connectivity index (χ1v) is 7.36. The Hall–Kier alpha value is -1.07. The predicted molar refractivity (Wildman–Crippen MR) is 82.1 cm³/mol. The van der Waals surface area contributed by atoms with Crippen LogP contribution in [-0.2, 0) is 11.3 Å². The first kappa shape index (κ1) is 14.3. The Labute approximate surface area is 122 Å². The summed E-state index contributed by atoms with van der Waals surface area (Å²) in [6, 6.07) is 6.00. The quantitative estimate of drug-likeness (QED) is 0.827. The van der Waals surface area contributed by atoms with E-state index in [0.717, 1.165) is 35.1 Å². The summed E-state index contributed by atoms with van der Waals surface area (Å²) in [6.45, 7) is 6.60. The van der Waals surface area contributed by atoms with Crippen molar-refractivity contribution in [3.63, 3.8) is 0 Å². The number of benzene rings is 1. The highest BCUT2D eigenvalue weighted by atomic mass is 79.9. The summed E-state index contributed by atoms with van der Waals surface area (Å²) in [5.41, 5.74) is 7.91. The second-order valence-corrected chi connectivity index (χ2v) is 5.97. The number of aromatic nitrogens is 2. The molecule has 0 saturated carbocycles. The molecule has 4 nitrogen and oxygen atoms in total. The molecule has 0 atom stereocenters. The number of nitrogens with two attached hydrogens (primary N) is 1. The highest BCUT2D eigenvalue weighted by molar-refractivity contribution is 9.10. The first-order chi connectivity index (χ1) is 9.08. The highest BCUT2D eigenvalue weighted by Crippen LogP contribution is 2.21. The molecule has 0 spiro atoms. The van der Waals surface area contributed by atoms with E-state index in [2.05, 4.69) is 34.8 Å². The molecule has 0 bridgehead atoms. The monoisotopic (exact) mass is 325 g/mol. The van der Waals surface area contributed by atoms with Gasteiger partial charge in [0.1, 0.15) is 0 Å². The number of ether oxygens (including phenoxy) is 1. The van der Waals surface area contributed by atoms with Gasteiger partial charge in [0.05, 0.1) is 17.6 Å². The van der Waals surface area contributed by atoms with E-state index >= 15 is 0 Å². The average molecular weight is 326 g/mol. The van der Waals surface area contributed by atoms with Crippen LogP contribution in [0.4, 0.5) is 5.95 Å². The van der Waals surface area contributed by atoms with Crippen molar-refractivity contribution in [3.05, 3.63) is 22.7 Å². The summed E-state index contributed by atoms with van der Waals surface area (Å²) in [6.07, 6.45) is 1.09. The van der Waals surface area contributed by atoms with Crippen LogP contribution < -0.4 is 5.73 Å². The molecule has 1 aromatic heterocycles. The van der Waals surface area contributed by atoms with Crippen LogP contribution >= 0.6 is 15.9 Å². The predicted octanol–water partition coefficient (Wildman–Crippen LogP) is 3.44. The molecule has 0 aliphatic rings. The summed E-state index contributed by atoms with van der Waals surface area (Å²) in [5, 5.41) is 0. The lowest BCUT2D eigenvalue weighted by molar-refractivity contribution is 0.117. The summed E-state index contributed by atoms with van der Waals surface area (Å²) < 4.78 is 8.64. The van der Waals surface area contributed by atoms with Crippen molar-refractivity contribution in [1.29, 1.82) is 0 Å². The molecule has 1 aromatic carbocycles. The fourth-order valence-corrected chi connectivity index (χ4v) is 2.28. The van der Waals surface area contributed by atoms with Crippen molar-refractivity contribution in [2.24, 2.45) is 5.92 Å². The third-order valence-electron chi connectivity index (χ3n) is 3.04. The van der Waals surface area contributed by atoms with Crippen molar-refractivity contribution in [2.45, 2.75) is 26.8 Å². The first-order valence-electron chi connectivity index (χ1n) is 6.57. The minimum Gasteiger partial charge on any atom is -0.380 e. The Morgan fingerprint density at radius 2 is 2.16 bits per heavy atom. The van der Waals surface area contributed by atoms with E-state index in [9.17, 15) is 0 Å². The molecule has 2 rings (SSSR count). The maximum atomic E-state index is 5.95. The van der Waals surface area contributed by atoms with E-state index in [1.807, 2.05) is 22.8 Å². The summed E-state index contributed by atoms with van der Waals surface area (Å²) in [5.74, 6) is 1.22. The second-order valence-electron chi connectivity index (χ2n) is 5.05. The molecule has 0 aliphatic heterocycles. The molecule has 5 heteroatoms. The molecule has 0 fully saturated rings. The lowest BCUT2D eigenvalue weighted by atomic mass is 10.1. The second kappa shape index (κ2) is 6.39. The molecule has 0 radical (unpaired) electrons. The fraction of sp³-hybridized carbons (Fsp3) is 0.500. The smallest absolute Gasteiger partial charge is 0.201 e. The Balaban J connectivity index is 1.98. The van der Waals surface area contributed by atoms with E-state index in [0.29, 0.717) is 18.5 Å². The van der Waals surface area contributed by atoms with E-state index in [-0.39, 0.29) is 0 Å². The van der Waals surface area contributed by atoms with Crippen LogP contribution in [0.25, 0.3) is 11.0 Å². The maximum absolute atomic E-state index is 5.95. The number of hydrogen-bond donors (Lipinski definition) is 1. The van der Waals surface area contributed by atoms with Crippen molar-refractivity contribution < 1.29 is 4.74 Å². The third-order valence-corrected chi connectivity index (χ3v) is 3.53. The van der Waals surface area contributed by atoms with E-state index in [1.165, 1.54) is 0 Å². The lowest BCUT2D eigenvalue weighted by Gasteiger charge is -2.08. The molecule has 0 amide bonds. The lowest BCUT2D eigenvalue weighted by Crippen LogP contribution is -2.10. The van der Waals surface area contributed by atoms with Gasteiger partial charge in [-0.05, 0) is 30.5 Å². The van der Waals surface area contributed by atoms with Gasteiger partial charge in [-0.3, -0.25) is 0 Å². The fourth-order valence-electron chi connectivity index (χ4n) is 1.93. The van der Waals surface area contributed by atoms with Crippen LogP contribution in [0, 0.1) is 5.92 Å². The number of nitrogens with zero attached hydrogens (tertiary/aromatic N) is 2. The topological polar surface area (TPSA) is 53.1 Å². The van der Waals surface area contributed by atoms with Crippen LogP contribution in [0.2, 0.25) is 0 Å². The van der Waals surface area contributed by atoms with Gasteiger partial charge in [-0.25, -0.2) is 4.98 Å². The van der Waals surface area contributed by atoms with Crippen LogP contribution in [0.5, 0.6) is 0 Å². The number of fused-ring (bicyclic) bond motifs is 1. The standard InChI is InChI=1S/C14H20BrN3O/c1-10(2)5-7-19-8-6-18-13-4-3-11(15)9-12(13)17-14(18)16/h3-4,9-10H,5-8H2,1-2H3,(H2,16,17). The maximum Gasteiger partial charge on any atom is 0.201 e. The molecule has 0 saturated heterocycles. The van der Waals surface area contributed by atoms with Gasteiger partial charge in [0, 0.05) is 17.6 Å². The van der Waals surface area contributed by atoms with Gasteiger partial charge >= 0.3 is 0 Å². The third kappa shape index (κ3) is 3.70. The molecular weight excluding hydrogens is 306 g/mol. The van der Waals surface area contributed by atoms with E-state index in [1.54, 1.807) is 0 Å². The zero-order chi connectivity index (χ0) is 13.8. The Morgan fingerprint density at radius 1 is 1.37 bits per heavy atom. The number of imidazole rings is 1. The molecule has 0 aliphatic carbocycles. The van der Waals surface area contributed by atoms with Crippen LogP contribution in [-0.4, -0.2) is 22.8 Å². The molecule has 2 N–H and O–H groups in total. The number of anilines is 1. The van der Waals surface area contributed by atoms with Gasteiger partial charge < -0.3 is 15.0 Å². The zero-order valence-electron chi connectivity index (χ0n) is 11.4. The Kier molecular flexibility index (Phi) is 4.82. The summed E-state index contributed by atoms with van der Waals surface area (Å²) >= 11 is 3.44. The van der Waals surface area contributed by atoms with Gasteiger partial charge in [0.15, 0.2) is 0 Å². The van der Waals surface area contributed by atoms with Gasteiger partial charge in [0.2, 0.25) is 5.95 Å². The molecular formula is C14H20BrN3O. The molecule has 19 heavy (non-hydrogen) atoms. The molecule has 104 valence electrons. The van der Waals surface area contributed by atoms with Gasteiger partial charge in [-0.1, -0.05) is 29.8 Å². The Morgan fingerprint density at radius 3 is 2.89 bits per heavy atom. The van der Waals surface area contributed by atoms with Crippen LogP contribution in [0.15, 0.2) is 22.7 Å². The summed E-state index contributed by atoms with van der Waals surface area (Å²) in [4.78, 5) is 4.36. The number of hydrogen-bond acceptors (Lipinski definition) is 3. The minimum atomic E-state index is 0.542. The van der Waals surface area contributed by atoms with E-state index < -0.39 is 0 Å². The highest BCUT2D eigenvalue weighted by Gasteiger charge is 2.08. The van der Waals surface area contributed by atoms with Gasteiger partial charge in [0.25, 0.3) is 0 Å². The molecule has 0 unspecified atom stereocenters. The zero-order valence-corrected chi connectivity index (χ0v) is 13.0. The SMILES string of the molecule is CC(C)CCOCCn1c(N)nc2cc(Br)ccc21. The number of halogens is 1. The Bertz CT molecular complexity index is 551. The van der Waals surface area contributed by atoms with Crippen molar-refractivity contribution >= 4 is 32.9 Å². The minimum absolute atomic E-state index is 0.542. The average Bonchev–Trinajstić information content (AvgIpc) is 2.64. The van der Waals surface area contributed by atoms with Gasteiger partial charge in [-0.15, -0.1) is 0 Å². The van der Waals surface area contributed by atoms with Gasteiger partial charge in [-0.2, -0.15) is 0 Å². The summed E-state index contributed by atoms with van der Waals surface area (Å²) in [7, 11) is 0. The van der Waals surface area contributed by atoms with Crippen molar-refractivity contribution in [3.8, 4) is 0 Å².